The van der Waals surface area contributed by atoms with Crippen LogP contribution in [0.25, 0.3) is 5.76 Å². The van der Waals surface area contributed by atoms with E-state index < -0.39 is 17.7 Å². The second kappa shape index (κ2) is 11.1. The molecule has 0 radical (unpaired) electrons. The fraction of sp³-hybridized carbons (Fsp3) is 0.312. The van der Waals surface area contributed by atoms with Crippen molar-refractivity contribution >= 4 is 23.1 Å². The molecule has 6 nitrogen and oxygen atoms in total. The van der Waals surface area contributed by atoms with Crippen molar-refractivity contribution in [1.29, 1.82) is 0 Å². The number of aliphatic hydroxyl groups excluding tert-OH is 1. The number of ketones is 1. The summed E-state index contributed by atoms with van der Waals surface area (Å²) in [6.45, 7) is 12.4. The van der Waals surface area contributed by atoms with Crippen LogP contribution in [0.2, 0.25) is 0 Å². The molecule has 1 aliphatic heterocycles. The summed E-state index contributed by atoms with van der Waals surface area (Å²) in [6, 6.07) is 19.2. The summed E-state index contributed by atoms with van der Waals surface area (Å²) < 4.78 is 11.8. The van der Waals surface area contributed by atoms with Crippen LogP contribution >= 0.6 is 0 Å². The number of nitrogens with zero attached hydrogens (tertiary/aromatic N) is 1. The van der Waals surface area contributed by atoms with Gasteiger partial charge in [-0.15, -0.1) is 0 Å². The number of anilines is 1. The molecule has 4 rings (SSSR count). The first kappa shape index (κ1) is 27.0. The molecule has 1 fully saturated rings. The molecule has 3 aromatic carbocycles. The van der Waals surface area contributed by atoms with Gasteiger partial charge in [0.2, 0.25) is 0 Å². The van der Waals surface area contributed by atoms with Crippen LogP contribution in [0.3, 0.4) is 0 Å². The molecule has 1 N–H and O–H groups in total. The van der Waals surface area contributed by atoms with Crippen molar-refractivity contribution in [3.8, 4) is 11.5 Å². The van der Waals surface area contributed by atoms with Crippen molar-refractivity contribution in [2.45, 2.75) is 53.7 Å². The van der Waals surface area contributed by atoms with E-state index in [9.17, 15) is 14.7 Å². The normalized spacial score (nSPS) is 16.9. The number of hydrogen-bond donors (Lipinski definition) is 1. The van der Waals surface area contributed by atoms with Gasteiger partial charge in [-0.1, -0.05) is 38.1 Å². The van der Waals surface area contributed by atoms with E-state index in [1.807, 2.05) is 70.2 Å². The molecule has 1 heterocycles. The number of rotatable bonds is 8. The van der Waals surface area contributed by atoms with Gasteiger partial charge in [-0.2, -0.15) is 0 Å². The summed E-state index contributed by atoms with van der Waals surface area (Å²) in [4.78, 5) is 28.4. The highest BCUT2D eigenvalue weighted by Gasteiger charge is 2.47. The van der Waals surface area contributed by atoms with Crippen molar-refractivity contribution in [1.82, 2.24) is 0 Å². The van der Waals surface area contributed by atoms with E-state index in [-0.39, 0.29) is 17.4 Å². The zero-order valence-corrected chi connectivity index (χ0v) is 22.8. The van der Waals surface area contributed by atoms with Gasteiger partial charge in [0.25, 0.3) is 11.7 Å². The standard InChI is InChI=1S/C32H35NO5/c1-19(2)18-37-26-12-8-10-23(17-26)29-28(30(34)24-13-14-27(22(6)16-24)38-20(3)4)31(35)32(36)33(29)25-11-7-9-21(5)15-25/h7-17,19-20,29,34H,18H2,1-6H3/b30-28+. The molecule has 1 amide bonds. The first-order valence-electron chi connectivity index (χ1n) is 12.9. The molecule has 0 bridgehead atoms. The molecule has 1 aliphatic rings. The molecule has 6 heteroatoms. The van der Waals surface area contributed by atoms with Crippen LogP contribution in [-0.2, 0) is 9.59 Å². The molecular weight excluding hydrogens is 478 g/mol. The van der Waals surface area contributed by atoms with Crippen LogP contribution < -0.4 is 14.4 Å². The molecule has 0 aromatic heterocycles. The lowest BCUT2D eigenvalue weighted by molar-refractivity contribution is -0.132. The van der Waals surface area contributed by atoms with Gasteiger partial charge in [0.1, 0.15) is 17.3 Å². The zero-order chi connectivity index (χ0) is 27.6. The fourth-order valence-electron chi connectivity index (χ4n) is 4.57. The smallest absolute Gasteiger partial charge is 0.300 e. The van der Waals surface area contributed by atoms with Crippen molar-refractivity contribution in [3.05, 3.63) is 94.6 Å². The molecule has 1 unspecified atom stereocenters. The number of Topliss-reactive ketones (excluding diaryl/α,β-unsaturated/α-hetero) is 1. The Balaban J connectivity index is 1.88. The summed E-state index contributed by atoms with van der Waals surface area (Å²) in [5.41, 5.74) is 3.50. The molecule has 1 saturated heterocycles. The van der Waals surface area contributed by atoms with E-state index in [1.165, 1.54) is 4.90 Å². The Labute approximate surface area is 224 Å². The molecule has 0 aliphatic carbocycles. The molecule has 0 spiro atoms. The lowest BCUT2D eigenvalue weighted by Crippen LogP contribution is -2.29. The molecule has 0 saturated carbocycles. The van der Waals surface area contributed by atoms with Gasteiger partial charge in [-0.3, -0.25) is 14.5 Å². The van der Waals surface area contributed by atoms with E-state index in [1.54, 1.807) is 24.3 Å². The summed E-state index contributed by atoms with van der Waals surface area (Å²) >= 11 is 0. The van der Waals surface area contributed by atoms with Gasteiger partial charge in [0, 0.05) is 11.3 Å². The monoisotopic (exact) mass is 513 g/mol. The maximum absolute atomic E-state index is 13.5. The number of aryl methyl sites for hydroxylation is 2. The van der Waals surface area contributed by atoms with Crippen molar-refractivity contribution in [2.24, 2.45) is 5.92 Å². The average molecular weight is 514 g/mol. The second-order valence-corrected chi connectivity index (χ2v) is 10.4. The van der Waals surface area contributed by atoms with Crippen LogP contribution in [0.4, 0.5) is 5.69 Å². The number of ether oxygens (including phenoxy) is 2. The molecule has 1 atom stereocenters. The third kappa shape index (κ3) is 5.59. The van der Waals surface area contributed by atoms with Crippen molar-refractivity contribution < 1.29 is 24.2 Å². The van der Waals surface area contributed by atoms with Gasteiger partial charge in [-0.25, -0.2) is 0 Å². The Morgan fingerprint density at radius 2 is 1.68 bits per heavy atom. The third-order valence-corrected chi connectivity index (χ3v) is 6.29. The third-order valence-electron chi connectivity index (χ3n) is 6.29. The van der Waals surface area contributed by atoms with Gasteiger partial charge >= 0.3 is 0 Å². The second-order valence-electron chi connectivity index (χ2n) is 10.4. The summed E-state index contributed by atoms with van der Waals surface area (Å²) in [5.74, 6) is 0.0221. The minimum Gasteiger partial charge on any atom is -0.507 e. The average Bonchev–Trinajstić information content (AvgIpc) is 3.13. The first-order chi connectivity index (χ1) is 18.1. The van der Waals surface area contributed by atoms with Gasteiger partial charge < -0.3 is 14.6 Å². The number of benzene rings is 3. The molecule has 3 aromatic rings. The molecular formula is C32H35NO5. The van der Waals surface area contributed by atoms with Crippen LogP contribution in [0.1, 0.15) is 56.0 Å². The van der Waals surface area contributed by atoms with Crippen LogP contribution in [0.5, 0.6) is 11.5 Å². The molecule has 198 valence electrons. The van der Waals surface area contributed by atoms with Crippen molar-refractivity contribution in [3.63, 3.8) is 0 Å². The number of amides is 1. The highest BCUT2D eigenvalue weighted by atomic mass is 16.5. The summed E-state index contributed by atoms with van der Waals surface area (Å²) in [5, 5.41) is 11.5. The fourth-order valence-corrected chi connectivity index (χ4v) is 4.57. The van der Waals surface area contributed by atoms with Crippen molar-refractivity contribution in [2.75, 3.05) is 11.5 Å². The minimum absolute atomic E-state index is 0.00186. The zero-order valence-electron chi connectivity index (χ0n) is 22.8. The van der Waals surface area contributed by atoms with E-state index in [2.05, 4.69) is 13.8 Å². The Kier molecular flexibility index (Phi) is 7.91. The van der Waals surface area contributed by atoms with Crippen LogP contribution in [0.15, 0.2) is 72.3 Å². The number of aliphatic hydroxyl groups is 1. The quantitative estimate of drug-likeness (QED) is 0.205. The number of carbonyl (C=O) groups is 2. The van der Waals surface area contributed by atoms with Crippen LogP contribution in [0, 0.1) is 19.8 Å². The minimum atomic E-state index is -0.828. The summed E-state index contributed by atoms with van der Waals surface area (Å²) in [7, 11) is 0. The Morgan fingerprint density at radius 1 is 0.947 bits per heavy atom. The van der Waals surface area contributed by atoms with E-state index in [0.717, 1.165) is 11.1 Å². The maximum Gasteiger partial charge on any atom is 0.300 e. The Bertz CT molecular complexity index is 1390. The summed E-state index contributed by atoms with van der Waals surface area (Å²) in [6.07, 6.45) is -0.00186. The lowest BCUT2D eigenvalue weighted by atomic mass is 9.94. The highest BCUT2D eigenvalue weighted by molar-refractivity contribution is 6.51. The lowest BCUT2D eigenvalue weighted by Gasteiger charge is -2.26. The largest absolute Gasteiger partial charge is 0.507 e. The number of carbonyl (C=O) groups excluding carboxylic acids is 2. The van der Waals surface area contributed by atoms with Gasteiger partial charge in [0.15, 0.2) is 0 Å². The van der Waals surface area contributed by atoms with Crippen LogP contribution in [-0.4, -0.2) is 29.5 Å². The predicted octanol–water partition coefficient (Wildman–Crippen LogP) is 6.75. The predicted molar refractivity (Wildman–Crippen MR) is 150 cm³/mol. The highest BCUT2D eigenvalue weighted by Crippen LogP contribution is 2.43. The first-order valence-corrected chi connectivity index (χ1v) is 12.9. The Morgan fingerprint density at radius 3 is 2.34 bits per heavy atom. The Hall–Kier alpha value is -4.06. The van der Waals surface area contributed by atoms with Gasteiger partial charge in [0.05, 0.1) is 24.3 Å². The van der Waals surface area contributed by atoms with Gasteiger partial charge in [-0.05, 0) is 92.8 Å². The van der Waals surface area contributed by atoms with E-state index in [0.29, 0.717) is 40.8 Å². The SMILES string of the molecule is Cc1cccc(N2C(=O)C(=O)/C(=C(/O)c3ccc(OC(C)C)c(C)c3)C2c2cccc(OCC(C)C)c2)c1. The maximum atomic E-state index is 13.5. The topological polar surface area (TPSA) is 76.1 Å². The molecule has 38 heavy (non-hydrogen) atoms. The number of hydrogen-bond acceptors (Lipinski definition) is 5. The van der Waals surface area contributed by atoms with E-state index in [4.69, 9.17) is 9.47 Å². The van der Waals surface area contributed by atoms with E-state index >= 15 is 0 Å².